The molecule has 0 aromatic heterocycles. The number of phosphoric acid groups is 2. The average Bonchev–Trinajstić information content (AvgIpc) is 0.899. The van der Waals surface area contributed by atoms with Crippen molar-refractivity contribution < 1.29 is 80.2 Å². The molecule has 0 rings (SSSR count). The number of hydrogen-bond acceptors (Lipinski definition) is 15. The number of aliphatic hydroxyl groups excluding tert-OH is 1. The van der Waals surface area contributed by atoms with E-state index in [1.165, 1.54) is 270 Å². The normalized spacial score (nSPS) is 14.1. The molecule has 0 aliphatic heterocycles. The van der Waals surface area contributed by atoms with Crippen molar-refractivity contribution in [1.29, 1.82) is 0 Å². The molecule has 0 aliphatic rings. The van der Waals surface area contributed by atoms with Crippen molar-refractivity contribution in [1.82, 2.24) is 0 Å². The third-order valence-electron chi connectivity index (χ3n) is 20.7. The molecule has 3 unspecified atom stereocenters. The summed E-state index contributed by atoms with van der Waals surface area (Å²) in [6.07, 6.45) is 67.9. The van der Waals surface area contributed by atoms with Crippen LogP contribution in [0.1, 0.15) is 459 Å². The molecular formula is C87H170O17P2. The number of carbonyl (C=O) groups excluding carboxylic acids is 4. The second kappa shape index (κ2) is 77.0. The smallest absolute Gasteiger partial charge is 0.462 e. The highest BCUT2D eigenvalue weighted by Gasteiger charge is 2.31. The van der Waals surface area contributed by atoms with Gasteiger partial charge in [0.1, 0.15) is 19.3 Å². The van der Waals surface area contributed by atoms with E-state index in [1.807, 2.05) is 0 Å². The molecule has 0 fully saturated rings. The summed E-state index contributed by atoms with van der Waals surface area (Å²) in [6, 6.07) is 0. The number of hydrogen-bond donors (Lipinski definition) is 3. The Bertz CT molecular complexity index is 2050. The average molecular weight is 1550 g/mol. The van der Waals surface area contributed by atoms with Crippen LogP contribution >= 0.6 is 15.6 Å². The van der Waals surface area contributed by atoms with Gasteiger partial charge in [0.15, 0.2) is 12.2 Å². The highest BCUT2D eigenvalue weighted by Crippen LogP contribution is 2.45. The first-order valence-corrected chi connectivity index (χ1v) is 47.9. The molecule has 6 atom stereocenters. The largest absolute Gasteiger partial charge is 0.472 e. The molecule has 0 spiro atoms. The van der Waals surface area contributed by atoms with Gasteiger partial charge in [0.05, 0.1) is 26.4 Å². The minimum absolute atomic E-state index is 0.108. The van der Waals surface area contributed by atoms with Crippen LogP contribution in [0.25, 0.3) is 0 Å². The molecule has 0 aliphatic carbocycles. The Kier molecular flexibility index (Phi) is 75.6. The summed E-state index contributed by atoms with van der Waals surface area (Å²) >= 11 is 0. The van der Waals surface area contributed by atoms with Crippen LogP contribution < -0.4 is 0 Å². The van der Waals surface area contributed by atoms with Gasteiger partial charge in [-0.1, -0.05) is 408 Å². The third-order valence-corrected chi connectivity index (χ3v) is 22.6. The van der Waals surface area contributed by atoms with Gasteiger partial charge in [-0.2, -0.15) is 0 Å². The minimum Gasteiger partial charge on any atom is -0.462 e. The molecule has 0 bridgehead atoms. The van der Waals surface area contributed by atoms with Gasteiger partial charge in [-0.05, 0) is 43.4 Å². The summed E-state index contributed by atoms with van der Waals surface area (Å²) in [5.74, 6) is 0.355. The van der Waals surface area contributed by atoms with Gasteiger partial charge >= 0.3 is 39.5 Å². The predicted octanol–water partition coefficient (Wildman–Crippen LogP) is 26.5. The molecular weight excluding hydrogens is 1380 g/mol. The van der Waals surface area contributed by atoms with Gasteiger partial charge in [-0.15, -0.1) is 0 Å². The third kappa shape index (κ3) is 78.7. The van der Waals surface area contributed by atoms with Gasteiger partial charge in [0.2, 0.25) is 0 Å². The number of aliphatic hydroxyl groups is 1. The Morgan fingerprint density at radius 1 is 0.274 bits per heavy atom. The zero-order valence-electron chi connectivity index (χ0n) is 69.9. The lowest BCUT2D eigenvalue weighted by molar-refractivity contribution is -0.161. The summed E-state index contributed by atoms with van der Waals surface area (Å²) in [6.45, 7) is 12.1. The van der Waals surface area contributed by atoms with Crippen LogP contribution in [-0.2, 0) is 65.4 Å². The van der Waals surface area contributed by atoms with Crippen LogP contribution in [-0.4, -0.2) is 96.7 Å². The summed E-state index contributed by atoms with van der Waals surface area (Å²) in [5, 5.41) is 10.7. The first-order valence-electron chi connectivity index (χ1n) is 44.9. The van der Waals surface area contributed by atoms with Crippen LogP contribution in [0.15, 0.2) is 0 Å². The maximum atomic E-state index is 13.2. The first kappa shape index (κ1) is 104. The Balaban J connectivity index is 5.24. The van der Waals surface area contributed by atoms with E-state index in [-0.39, 0.29) is 25.7 Å². The molecule has 0 heterocycles. The van der Waals surface area contributed by atoms with Crippen molar-refractivity contribution in [3.8, 4) is 0 Å². The number of carbonyl (C=O) groups is 4. The second-order valence-electron chi connectivity index (χ2n) is 32.5. The minimum atomic E-state index is -4.97. The van der Waals surface area contributed by atoms with Crippen LogP contribution in [0.2, 0.25) is 0 Å². The maximum absolute atomic E-state index is 13.2. The van der Waals surface area contributed by atoms with Crippen molar-refractivity contribution >= 4 is 39.5 Å². The van der Waals surface area contributed by atoms with E-state index in [9.17, 15) is 43.2 Å². The molecule has 0 aromatic rings. The predicted molar refractivity (Wildman–Crippen MR) is 437 cm³/mol. The van der Waals surface area contributed by atoms with Gasteiger partial charge < -0.3 is 33.8 Å². The van der Waals surface area contributed by atoms with E-state index in [2.05, 4.69) is 48.5 Å². The second-order valence-corrected chi connectivity index (χ2v) is 35.4. The van der Waals surface area contributed by atoms with E-state index >= 15 is 0 Å². The number of unbranched alkanes of at least 4 members (excludes halogenated alkanes) is 52. The van der Waals surface area contributed by atoms with E-state index in [0.29, 0.717) is 25.7 Å². The standard InChI is InChI=1S/C87H170O17P2/c1-8-10-11-12-13-14-30-40-47-54-61-68-84(89)97-74-82(103-87(92)71-64-57-50-43-36-29-23-25-32-38-45-52-59-66-79(5)6)76-101-105(93,94)99-72-81(88)73-100-106(95,96)102-77-83(75-98-85(90)69-62-55-48-41-34-27-22-21-24-31-37-44-51-58-65-78(3)4)104-86(91)70-63-56-49-42-35-28-20-18-16-15-17-19-26-33-39-46-53-60-67-80(7)9-2/h78-83,88H,8-77H2,1-7H3,(H,93,94)(H,95,96)/t80?,81-,82+,83+/m0/s1. The summed E-state index contributed by atoms with van der Waals surface area (Å²) < 4.78 is 68.9. The highest BCUT2D eigenvalue weighted by molar-refractivity contribution is 7.47. The topological polar surface area (TPSA) is 237 Å². The van der Waals surface area contributed by atoms with Crippen LogP contribution in [0.5, 0.6) is 0 Å². The van der Waals surface area contributed by atoms with Crippen molar-refractivity contribution in [2.45, 2.75) is 478 Å². The summed E-state index contributed by atoms with van der Waals surface area (Å²) in [5.41, 5.74) is 0. The molecule has 0 amide bonds. The number of phosphoric ester groups is 2. The molecule has 0 aromatic carbocycles. The van der Waals surface area contributed by atoms with Crippen molar-refractivity contribution in [2.24, 2.45) is 17.8 Å². The van der Waals surface area contributed by atoms with Gasteiger partial charge in [0, 0.05) is 25.7 Å². The van der Waals surface area contributed by atoms with E-state index in [4.69, 9.17) is 37.0 Å². The van der Waals surface area contributed by atoms with Crippen LogP contribution in [0, 0.1) is 17.8 Å². The molecule has 3 N–H and O–H groups in total. The van der Waals surface area contributed by atoms with Crippen molar-refractivity contribution in [3.05, 3.63) is 0 Å². The highest BCUT2D eigenvalue weighted by atomic mass is 31.2. The Hall–Kier alpha value is -1.94. The van der Waals surface area contributed by atoms with Crippen molar-refractivity contribution in [2.75, 3.05) is 39.6 Å². The number of esters is 4. The quantitative estimate of drug-likeness (QED) is 0.0222. The lowest BCUT2D eigenvalue weighted by Gasteiger charge is -2.21. The first-order chi connectivity index (χ1) is 51.3. The summed E-state index contributed by atoms with van der Waals surface area (Å²) in [4.78, 5) is 73.3. The number of ether oxygens (including phenoxy) is 4. The fraction of sp³-hybridized carbons (Fsp3) is 0.954. The fourth-order valence-electron chi connectivity index (χ4n) is 13.5. The van der Waals surface area contributed by atoms with Gasteiger partial charge in [0.25, 0.3) is 0 Å². The molecule has 630 valence electrons. The van der Waals surface area contributed by atoms with Crippen molar-refractivity contribution in [3.63, 3.8) is 0 Å². The summed E-state index contributed by atoms with van der Waals surface area (Å²) in [7, 11) is -9.93. The maximum Gasteiger partial charge on any atom is 0.472 e. The molecule has 19 heteroatoms. The zero-order chi connectivity index (χ0) is 77.9. The fourth-order valence-corrected chi connectivity index (χ4v) is 15.1. The lowest BCUT2D eigenvalue weighted by Crippen LogP contribution is -2.30. The Morgan fingerprint density at radius 3 is 0.717 bits per heavy atom. The van der Waals surface area contributed by atoms with E-state index in [1.54, 1.807) is 0 Å². The monoisotopic (exact) mass is 1550 g/mol. The molecule has 0 saturated heterocycles. The Morgan fingerprint density at radius 2 is 0.481 bits per heavy atom. The van der Waals surface area contributed by atoms with Crippen LogP contribution in [0.3, 0.4) is 0 Å². The molecule has 0 radical (unpaired) electrons. The molecule has 106 heavy (non-hydrogen) atoms. The number of rotatable bonds is 85. The Labute approximate surface area is 651 Å². The molecule has 0 saturated carbocycles. The SMILES string of the molecule is CCCCCCCCCCCCCC(=O)OC[C@H](COP(=O)(O)OC[C@H](O)COP(=O)(O)OC[C@@H](COC(=O)CCCCCCCCCCCCCCCCC(C)C)OC(=O)CCCCCCCCCCCCCCCCCCCCC(C)CC)OC(=O)CCCCCCCCCCCCCCCC(C)C. The zero-order valence-corrected chi connectivity index (χ0v) is 71.7. The van der Waals surface area contributed by atoms with Gasteiger partial charge in [-0.25, -0.2) is 9.13 Å². The van der Waals surface area contributed by atoms with E-state index in [0.717, 1.165) is 108 Å². The lowest BCUT2D eigenvalue weighted by atomic mass is 9.99. The molecule has 17 nitrogen and oxygen atoms in total. The van der Waals surface area contributed by atoms with E-state index < -0.39 is 97.5 Å². The van der Waals surface area contributed by atoms with Gasteiger partial charge in [-0.3, -0.25) is 37.3 Å². The van der Waals surface area contributed by atoms with Crippen LogP contribution in [0.4, 0.5) is 0 Å².